The third-order valence-electron chi connectivity index (χ3n) is 4.07. The zero-order valence-electron chi connectivity index (χ0n) is 10.4. The molecule has 96 valence electrons. The van der Waals surface area contributed by atoms with E-state index in [0.717, 1.165) is 32.1 Å². The third kappa shape index (κ3) is 2.23. The number of β-amino-alcohol motifs (C(OH)–C–C–N with tert-alkyl or cyclic N) is 1. The Morgan fingerprint density at radius 1 is 1.35 bits per heavy atom. The van der Waals surface area contributed by atoms with Gasteiger partial charge in [0.1, 0.15) is 0 Å². The molecule has 1 heterocycles. The molecule has 1 aliphatic carbocycles. The van der Waals surface area contributed by atoms with Crippen LogP contribution in [-0.2, 0) is 9.59 Å². The first-order valence-electron chi connectivity index (χ1n) is 6.62. The Kier molecular flexibility index (Phi) is 3.52. The number of carbonyl (C=O) groups excluding carboxylic acids is 2. The minimum absolute atomic E-state index is 0.0323. The summed E-state index contributed by atoms with van der Waals surface area (Å²) in [4.78, 5) is 25.5. The van der Waals surface area contributed by atoms with Gasteiger partial charge in [0, 0.05) is 6.42 Å². The summed E-state index contributed by atoms with van der Waals surface area (Å²) in [5.74, 6) is -0.123. The van der Waals surface area contributed by atoms with Crippen LogP contribution in [0.25, 0.3) is 0 Å². The first kappa shape index (κ1) is 12.6. The predicted molar refractivity (Wildman–Crippen MR) is 63.2 cm³/mol. The van der Waals surface area contributed by atoms with Gasteiger partial charge in [-0.3, -0.25) is 14.5 Å². The number of likely N-dealkylation sites (tertiary alicyclic amines) is 1. The number of hydrogen-bond donors (Lipinski definition) is 1. The van der Waals surface area contributed by atoms with E-state index in [1.165, 1.54) is 4.90 Å². The van der Waals surface area contributed by atoms with E-state index in [1.807, 2.05) is 6.92 Å². The van der Waals surface area contributed by atoms with E-state index >= 15 is 0 Å². The second-order valence-corrected chi connectivity index (χ2v) is 5.42. The van der Waals surface area contributed by atoms with Crippen molar-refractivity contribution in [1.29, 1.82) is 0 Å². The maximum Gasteiger partial charge on any atom is 0.235 e. The smallest absolute Gasteiger partial charge is 0.235 e. The summed E-state index contributed by atoms with van der Waals surface area (Å²) in [6, 6.07) is 0. The van der Waals surface area contributed by atoms with Crippen LogP contribution in [0.15, 0.2) is 0 Å². The number of rotatable bonds is 4. The molecule has 1 unspecified atom stereocenters. The predicted octanol–water partition coefficient (Wildman–Crippen LogP) is 1.47. The van der Waals surface area contributed by atoms with Gasteiger partial charge in [-0.2, -0.15) is 0 Å². The summed E-state index contributed by atoms with van der Waals surface area (Å²) < 4.78 is 0. The Hall–Kier alpha value is -0.900. The van der Waals surface area contributed by atoms with E-state index in [-0.39, 0.29) is 18.4 Å². The fourth-order valence-electron chi connectivity index (χ4n) is 3.12. The molecule has 0 aromatic carbocycles. The fraction of sp³-hybridized carbons (Fsp3) is 0.846. The lowest BCUT2D eigenvalue weighted by molar-refractivity contribution is -0.143. The number of imide groups is 1. The Morgan fingerprint density at radius 2 is 2.00 bits per heavy atom. The summed E-state index contributed by atoms with van der Waals surface area (Å²) in [5.41, 5.74) is -0.400. The van der Waals surface area contributed by atoms with Crippen molar-refractivity contribution >= 4 is 11.8 Å². The molecule has 1 aliphatic heterocycles. The van der Waals surface area contributed by atoms with Crippen LogP contribution in [0.2, 0.25) is 0 Å². The minimum Gasteiger partial charge on any atom is -0.391 e. The van der Waals surface area contributed by atoms with E-state index in [1.54, 1.807) is 0 Å². The molecule has 0 radical (unpaired) electrons. The molecule has 2 amide bonds. The number of aliphatic hydroxyl groups is 1. The lowest BCUT2D eigenvalue weighted by Crippen LogP contribution is -2.39. The maximum atomic E-state index is 12.3. The highest BCUT2D eigenvalue weighted by Crippen LogP contribution is 2.46. The standard InChI is InChI=1S/C13H21NO3/c1-2-5-10(15)9-14-11(16)8-13(12(14)17)6-3-4-7-13/h10,15H,2-9H2,1H3. The largest absolute Gasteiger partial charge is 0.391 e. The average Bonchev–Trinajstić information content (AvgIpc) is 2.82. The molecule has 0 bridgehead atoms. The molecule has 0 aromatic rings. The van der Waals surface area contributed by atoms with Gasteiger partial charge in [0.2, 0.25) is 11.8 Å². The third-order valence-corrected chi connectivity index (χ3v) is 4.07. The highest BCUT2D eigenvalue weighted by atomic mass is 16.3. The summed E-state index contributed by atoms with van der Waals surface area (Å²) >= 11 is 0. The van der Waals surface area contributed by atoms with Crippen molar-refractivity contribution in [2.45, 2.75) is 58.0 Å². The molecule has 17 heavy (non-hydrogen) atoms. The van der Waals surface area contributed by atoms with Gasteiger partial charge in [0.05, 0.1) is 18.1 Å². The summed E-state index contributed by atoms with van der Waals surface area (Å²) in [7, 11) is 0. The zero-order chi connectivity index (χ0) is 12.5. The second-order valence-electron chi connectivity index (χ2n) is 5.42. The minimum atomic E-state index is -0.565. The van der Waals surface area contributed by atoms with Crippen molar-refractivity contribution in [3.8, 4) is 0 Å². The molecule has 4 heteroatoms. The van der Waals surface area contributed by atoms with Gasteiger partial charge in [-0.25, -0.2) is 0 Å². The molecule has 2 fully saturated rings. The molecule has 1 spiro atoms. The monoisotopic (exact) mass is 239 g/mol. The van der Waals surface area contributed by atoms with Crippen LogP contribution >= 0.6 is 0 Å². The van der Waals surface area contributed by atoms with E-state index in [2.05, 4.69) is 0 Å². The van der Waals surface area contributed by atoms with Gasteiger partial charge in [0.25, 0.3) is 0 Å². The summed E-state index contributed by atoms with van der Waals surface area (Å²) in [6.45, 7) is 2.17. The average molecular weight is 239 g/mol. The molecule has 2 aliphatic rings. The first-order chi connectivity index (χ1) is 8.09. The molecule has 1 N–H and O–H groups in total. The van der Waals surface area contributed by atoms with Gasteiger partial charge in [-0.1, -0.05) is 26.2 Å². The van der Waals surface area contributed by atoms with Crippen molar-refractivity contribution in [2.75, 3.05) is 6.54 Å². The van der Waals surface area contributed by atoms with Crippen LogP contribution in [0.5, 0.6) is 0 Å². The van der Waals surface area contributed by atoms with Gasteiger partial charge in [0.15, 0.2) is 0 Å². The molecule has 1 saturated carbocycles. The number of aliphatic hydroxyl groups excluding tert-OH is 1. The van der Waals surface area contributed by atoms with Crippen LogP contribution in [0.4, 0.5) is 0 Å². The highest BCUT2D eigenvalue weighted by molar-refractivity contribution is 6.06. The lowest BCUT2D eigenvalue weighted by atomic mass is 9.84. The topological polar surface area (TPSA) is 57.6 Å². The SMILES string of the molecule is CCCC(O)CN1C(=O)CC2(CCCC2)C1=O. The quantitative estimate of drug-likeness (QED) is 0.756. The molecule has 4 nitrogen and oxygen atoms in total. The molecular formula is C13H21NO3. The Balaban J connectivity index is 2.04. The van der Waals surface area contributed by atoms with Crippen molar-refractivity contribution in [1.82, 2.24) is 4.90 Å². The highest BCUT2D eigenvalue weighted by Gasteiger charge is 2.52. The van der Waals surface area contributed by atoms with Crippen molar-refractivity contribution in [2.24, 2.45) is 5.41 Å². The van der Waals surface area contributed by atoms with E-state index in [9.17, 15) is 14.7 Å². The van der Waals surface area contributed by atoms with Crippen LogP contribution in [0.3, 0.4) is 0 Å². The molecule has 1 saturated heterocycles. The Labute approximate surface area is 102 Å². The zero-order valence-corrected chi connectivity index (χ0v) is 10.4. The van der Waals surface area contributed by atoms with Crippen LogP contribution in [0.1, 0.15) is 51.9 Å². The van der Waals surface area contributed by atoms with E-state index in [0.29, 0.717) is 12.8 Å². The summed E-state index contributed by atoms with van der Waals surface area (Å²) in [6.07, 6.45) is 5.09. The molecule has 0 aromatic heterocycles. The lowest BCUT2D eigenvalue weighted by Gasteiger charge is -2.22. The summed E-state index contributed by atoms with van der Waals surface area (Å²) in [5, 5.41) is 9.73. The number of amides is 2. The maximum absolute atomic E-state index is 12.3. The van der Waals surface area contributed by atoms with Crippen molar-refractivity contribution in [3.63, 3.8) is 0 Å². The van der Waals surface area contributed by atoms with Crippen LogP contribution < -0.4 is 0 Å². The molecular weight excluding hydrogens is 218 g/mol. The van der Waals surface area contributed by atoms with Gasteiger partial charge in [-0.05, 0) is 19.3 Å². The van der Waals surface area contributed by atoms with Crippen molar-refractivity contribution < 1.29 is 14.7 Å². The van der Waals surface area contributed by atoms with Gasteiger partial charge < -0.3 is 5.11 Å². The molecule has 1 atom stereocenters. The number of hydrogen-bond acceptors (Lipinski definition) is 3. The van der Waals surface area contributed by atoms with Crippen LogP contribution in [0, 0.1) is 5.41 Å². The Bertz CT molecular complexity index is 321. The van der Waals surface area contributed by atoms with E-state index in [4.69, 9.17) is 0 Å². The van der Waals surface area contributed by atoms with Crippen molar-refractivity contribution in [3.05, 3.63) is 0 Å². The normalized spacial score (nSPS) is 24.9. The van der Waals surface area contributed by atoms with Gasteiger partial charge >= 0.3 is 0 Å². The van der Waals surface area contributed by atoms with Gasteiger partial charge in [-0.15, -0.1) is 0 Å². The fourth-order valence-corrected chi connectivity index (χ4v) is 3.12. The Morgan fingerprint density at radius 3 is 2.59 bits per heavy atom. The number of nitrogens with zero attached hydrogens (tertiary/aromatic N) is 1. The van der Waals surface area contributed by atoms with Crippen LogP contribution in [-0.4, -0.2) is 34.5 Å². The van der Waals surface area contributed by atoms with E-state index < -0.39 is 11.5 Å². The second kappa shape index (κ2) is 4.77. The first-order valence-corrected chi connectivity index (χ1v) is 6.62. The molecule has 2 rings (SSSR count). The number of carbonyl (C=O) groups is 2.